The number of aryl methyl sites for hydroxylation is 1. The molecule has 2 aliphatic heterocycles. The molecule has 0 saturated carbocycles. The van der Waals surface area contributed by atoms with Crippen molar-refractivity contribution < 1.29 is 4.42 Å². The summed E-state index contributed by atoms with van der Waals surface area (Å²) in [6.07, 6.45) is 10.2. The lowest BCUT2D eigenvalue weighted by molar-refractivity contribution is 0.428. The molecule has 2 bridgehead atoms. The molecule has 0 spiro atoms. The molecule has 0 amide bonds. The Hall–Kier alpha value is -1.51. The first kappa shape index (κ1) is 16.0. The molecule has 2 fully saturated rings. The highest BCUT2D eigenvalue weighted by Crippen LogP contribution is 2.53. The molecular weight excluding hydrogens is 293 g/mol. The summed E-state index contributed by atoms with van der Waals surface area (Å²) in [6, 6.07) is 11.0. The van der Waals surface area contributed by atoms with Gasteiger partial charge >= 0.3 is 0 Å². The Morgan fingerprint density at radius 2 is 1.67 bits per heavy atom. The van der Waals surface area contributed by atoms with E-state index in [0.717, 1.165) is 24.1 Å². The summed E-state index contributed by atoms with van der Waals surface area (Å²) >= 11 is 0. The van der Waals surface area contributed by atoms with E-state index in [1.165, 1.54) is 49.8 Å². The van der Waals surface area contributed by atoms with Crippen LogP contribution in [-0.4, -0.2) is 11.7 Å². The molecule has 2 aliphatic rings. The number of nitrogens with zero attached hydrogens (tertiary/aromatic N) is 1. The van der Waals surface area contributed by atoms with Crippen LogP contribution in [0.2, 0.25) is 11.6 Å². The summed E-state index contributed by atoms with van der Waals surface area (Å²) in [7, 11) is 0. The highest BCUT2D eigenvalue weighted by atomic mass is 16.3. The quantitative estimate of drug-likeness (QED) is 0.644. The van der Waals surface area contributed by atoms with Crippen molar-refractivity contribution in [2.24, 2.45) is 0 Å². The third kappa shape index (κ3) is 2.83. The lowest BCUT2D eigenvalue weighted by Crippen LogP contribution is -2.42. The predicted molar refractivity (Wildman–Crippen MR) is 99.8 cm³/mol. The summed E-state index contributed by atoms with van der Waals surface area (Å²) in [5.74, 6) is 3.75. The van der Waals surface area contributed by atoms with Gasteiger partial charge in [0.1, 0.15) is 5.76 Å². The fourth-order valence-electron chi connectivity index (χ4n) is 5.66. The number of aromatic nitrogens is 1. The number of benzene rings is 1. The van der Waals surface area contributed by atoms with Crippen LogP contribution in [0.4, 0.5) is 0 Å². The second kappa shape index (κ2) is 6.78. The first-order valence-electron chi connectivity index (χ1n) is 9.70. The minimum atomic E-state index is 0.487. The Morgan fingerprint density at radius 1 is 1.04 bits per heavy atom. The molecule has 0 N–H and O–H groups in total. The van der Waals surface area contributed by atoms with Crippen LogP contribution in [-0.2, 0) is 0 Å². The van der Waals surface area contributed by atoms with E-state index in [1.54, 1.807) is 6.39 Å². The van der Waals surface area contributed by atoms with E-state index in [0.29, 0.717) is 11.7 Å². The zero-order valence-electron chi connectivity index (χ0n) is 14.9. The normalized spacial score (nSPS) is 26.2. The average molecular weight is 321 g/mol. The van der Waals surface area contributed by atoms with Crippen LogP contribution in [0.5, 0.6) is 0 Å². The molecule has 24 heavy (non-hydrogen) atoms. The van der Waals surface area contributed by atoms with Gasteiger partial charge in [-0.2, -0.15) is 0 Å². The fourth-order valence-corrected chi connectivity index (χ4v) is 5.66. The van der Waals surface area contributed by atoms with Gasteiger partial charge < -0.3 is 4.42 Å². The molecular formula is C21H28BNO. The van der Waals surface area contributed by atoms with Gasteiger partial charge in [-0.15, -0.1) is 0 Å². The van der Waals surface area contributed by atoms with Gasteiger partial charge in [-0.1, -0.05) is 87.4 Å². The van der Waals surface area contributed by atoms with Gasteiger partial charge in [0.2, 0.25) is 0 Å². The van der Waals surface area contributed by atoms with Crippen molar-refractivity contribution >= 4 is 6.71 Å². The Kier molecular flexibility index (Phi) is 4.52. The van der Waals surface area contributed by atoms with Crippen molar-refractivity contribution in [2.45, 2.75) is 75.7 Å². The van der Waals surface area contributed by atoms with E-state index < -0.39 is 0 Å². The molecule has 3 heteroatoms. The Labute approximate surface area is 146 Å². The summed E-state index contributed by atoms with van der Waals surface area (Å²) in [6.45, 7) is 5.26. The lowest BCUT2D eigenvalue weighted by atomic mass is 9.20. The Balaban J connectivity index is 1.75. The van der Waals surface area contributed by atoms with Gasteiger partial charge in [0.15, 0.2) is 13.1 Å². The first-order chi connectivity index (χ1) is 11.8. The van der Waals surface area contributed by atoms with Crippen LogP contribution in [0, 0.1) is 6.92 Å². The van der Waals surface area contributed by atoms with Gasteiger partial charge in [0.25, 0.3) is 0 Å². The SMILES string of the molecule is Cc1ocnc1C(B1C2CCCC1CCC2)C(C)c1ccccc1. The van der Waals surface area contributed by atoms with Crippen LogP contribution < -0.4 is 0 Å². The van der Waals surface area contributed by atoms with Crippen LogP contribution in [0.3, 0.4) is 0 Å². The van der Waals surface area contributed by atoms with Crippen LogP contribution >= 0.6 is 0 Å². The molecule has 1 aromatic carbocycles. The number of hydrogen-bond acceptors (Lipinski definition) is 2. The van der Waals surface area contributed by atoms with E-state index in [1.807, 2.05) is 0 Å². The third-order valence-electron chi connectivity index (χ3n) is 6.76. The van der Waals surface area contributed by atoms with E-state index in [4.69, 9.17) is 9.40 Å². The molecule has 0 aliphatic carbocycles. The molecule has 1 aromatic heterocycles. The number of hydrogen-bond donors (Lipinski definition) is 0. The van der Waals surface area contributed by atoms with Crippen molar-refractivity contribution in [1.82, 2.24) is 4.98 Å². The number of fused-ring (bicyclic) bond motifs is 2. The van der Waals surface area contributed by atoms with Crippen molar-refractivity contribution in [3.8, 4) is 0 Å². The summed E-state index contributed by atoms with van der Waals surface area (Å²) in [5, 5.41) is 0. The maximum absolute atomic E-state index is 5.63. The second-order valence-corrected chi connectivity index (χ2v) is 7.98. The molecule has 0 radical (unpaired) electrons. The maximum Gasteiger partial charge on any atom is 0.181 e. The molecule has 4 rings (SSSR count). The maximum atomic E-state index is 5.63. The van der Waals surface area contributed by atoms with E-state index >= 15 is 0 Å². The average Bonchev–Trinajstić information content (AvgIpc) is 3.01. The monoisotopic (exact) mass is 321 g/mol. The topological polar surface area (TPSA) is 26.0 Å². The van der Waals surface area contributed by atoms with E-state index in [2.05, 4.69) is 44.2 Å². The predicted octanol–water partition coefficient (Wildman–Crippen LogP) is 6.01. The van der Waals surface area contributed by atoms with Crippen molar-refractivity contribution in [3.05, 3.63) is 53.7 Å². The fraction of sp³-hybridized carbons (Fsp3) is 0.571. The summed E-state index contributed by atoms with van der Waals surface area (Å²) in [5.41, 5.74) is 2.66. The van der Waals surface area contributed by atoms with Gasteiger partial charge in [-0.05, 0) is 24.2 Å². The lowest BCUT2D eigenvalue weighted by Gasteiger charge is -2.45. The molecule has 126 valence electrons. The van der Waals surface area contributed by atoms with Gasteiger partial charge in [-0.3, -0.25) is 0 Å². The largest absolute Gasteiger partial charge is 0.449 e. The molecule has 3 heterocycles. The highest BCUT2D eigenvalue weighted by Gasteiger charge is 2.47. The molecule has 2 atom stereocenters. The zero-order valence-corrected chi connectivity index (χ0v) is 14.9. The minimum Gasteiger partial charge on any atom is -0.449 e. The molecule has 2 saturated heterocycles. The minimum absolute atomic E-state index is 0.487. The van der Waals surface area contributed by atoms with Crippen LogP contribution in [0.1, 0.15) is 74.2 Å². The Morgan fingerprint density at radius 3 is 2.21 bits per heavy atom. The van der Waals surface area contributed by atoms with Crippen molar-refractivity contribution in [3.63, 3.8) is 0 Å². The van der Waals surface area contributed by atoms with Gasteiger partial charge in [0, 0.05) is 0 Å². The molecule has 2 aromatic rings. The molecule has 2 unspecified atom stereocenters. The number of oxazole rings is 1. The van der Waals surface area contributed by atoms with Gasteiger partial charge in [0.05, 0.1) is 5.69 Å². The third-order valence-corrected chi connectivity index (χ3v) is 6.76. The standard InChI is InChI=1S/C21H28BNO/c1-15(17-8-4-3-5-9-17)20(21-16(2)24-14-23-21)22-18-10-6-11-19(22)13-7-12-18/h3-5,8-9,14-15,18-20H,6-7,10-13H2,1-2H3. The highest BCUT2D eigenvalue weighted by molar-refractivity contribution is 6.64. The van der Waals surface area contributed by atoms with Crippen molar-refractivity contribution in [2.75, 3.05) is 0 Å². The summed E-state index contributed by atoms with van der Waals surface area (Å²) < 4.78 is 5.63. The van der Waals surface area contributed by atoms with E-state index in [-0.39, 0.29) is 0 Å². The van der Waals surface area contributed by atoms with E-state index in [9.17, 15) is 0 Å². The molecule has 2 nitrogen and oxygen atoms in total. The van der Waals surface area contributed by atoms with Crippen LogP contribution in [0.25, 0.3) is 0 Å². The van der Waals surface area contributed by atoms with Crippen molar-refractivity contribution in [1.29, 1.82) is 0 Å². The summed E-state index contributed by atoms with van der Waals surface area (Å²) in [4.78, 5) is 4.70. The smallest absolute Gasteiger partial charge is 0.181 e. The first-order valence-corrected chi connectivity index (χ1v) is 9.70. The van der Waals surface area contributed by atoms with Gasteiger partial charge in [-0.25, -0.2) is 4.98 Å². The zero-order chi connectivity index (χ0) is 16.5. The second-order valence-electron chi connectivity index (χ2n) is 7.98. The number of rotatable bonds is 4. The Bertz CT molecular complexity index is 645. The van der Waals surface area contributed by atoms with Crippen LogP contribution in [0.15, 0.2) is 41.1 Å².